The molecule has 30 heavy (non-hydrogen) atoms. The third-order valence-electron chi connectivity index (χ3n) is 6.10. The summed E-state index contributed by atoms with van der Waals surface area (Å²) in [5, 5.41) is 3.23. The molecule has 0 spiro atoms. The first kappa shape index (κ1) is 19.6. The summed E-state index contributed by atoms with van der Waals surface area (Å²) in [5.74, 6) is 1.92. The van der Waals surface area contributed by atoms with Crippen LogP contribution in [0, 0.1) is 0 Å². The number of furan rings is 1. The molecule has 1 aliphatic carbocycles. The lowest BCUT2D eigenvalue weighted by Gasteiger charge is -2.21. The van der Waals surface area contributed by atoms with Gasteiger partial charge in [0.1, 0.15) is 17.1 Å². The fraction of sp³-hybridized carbons (Fsp3) is 0.478. The van der Waals surface area contributed by atoms with Gasteiger partial charge >= 0.3 is 0 Å². The van der Waals surface area contributed by atoms with Crippen molar-refractivity contribution in [2.45, 2.75) is 38.6 Å². The molecule has 0 unspecified atom stereocenters. The van der Waals surface area contributed by atoms with Gasteiger partial charge in [0.05, 0.1) is 11.2 Å². The van der Waals surface area contributed by atoms with E-state index in [4.69, 9.17) is 9.15 Å². The molecule has 158 valence electrons. The molecule has 0 bridgehead atoms. The maximum atomic E-state index is 12.7. The molecule has 0 saturated carbocycles. The molecule has 1 amide bonds. The standard InChI is InChI=1S/C23H27N3O3S/c27-23(26-9-3-8-25(10-11-26)13-17-15-30-16-24-17)14-28-18-6-7-22-20(12-18)19-4-1-2-5-21(19)29-22/h6-7,12,15-16H,1-5,8-11,13-14H2. The number of carbonyl (C=O) groups excluding carboxylic acids is 1. The van der Waals surface area contributed by atoms with E-state index in [-0.39, 0.29) is 12.5 Å². The number of hydrogen-bond acceptors (Lipinski definition) is 6. The van der Waals surface area contributed by atoms with Crippen LogP contribution >= 0.6 is 11.3 Å². The van der Waals surface area contributed by atoms with Crippen LogP contribution in [-0.4, -0.2) is 53.5 Å². The number of ether oxygens (including phenoxy) is 1. The molecule has 1 aliphatic heterocycles. The smallest absolute Gasteiger partial charge is 0.260 e. The van der Waals surface area contributed by atoms with Gasteiger partial charge < -0.3 is 14.1 Å². The Morgan fingerprint density at radius 1 is 1.13 bits per heavy atom. The van der Waals surface area contributed by atoms with E-state index in [0.717, 1.165) is 80.2 Å². The number of fused-ring (bicyclic) bond motifs is 3. The summed E-state index contributed by atoms with van der Waals surface area (Å²) in [6.07, 6.45) is 5.47. The molecule has 5 rings (SSSR count). The number of thiazole rings is 1. The Balaban J connectivity index is 1.18. The Morgan fingerprint density at radius 3 is 2.97 bits per heavy atom. The highest BCUT2D eigenvalue weighted by Gasteiger charge is 2.21. The monoisotopic (exact) mass is 425 g/mol. The van der Waals surface area contributed by atoms with Crippen LogP contribution < -0.4 is 4.74 Å². The lowest BCUT2D eigenvalue weighted by Crippen LogP contribution is -2.38. The number of aromatic nitrogens is 1. The van der Waals surface area contributed by atoms with E-state index >= 15 is 0 Å². The Labute approximate surface area is 180 Å². The number of amides is 1. The summed E-state index contributed by atoms with van der Waals surface area (Å²) < 4.78 is 11.9. The zero-order valence-corrected chi connectivity index (χ0v) is 18.0. The molecule has 3 heterocycles. The summed E-state index contributed by atoms with van der Waals surface area (Å²) >= 11 is 1.63. The van der Waals surface area contributed by atoms with E-state index in [2.05, 4.69) is 15.3 Å². The minimum absolute atomic E-state index is 0.0554. The number of nitrogens with zero attached hydrogens (tertiary/aromatic N) is 3. The molecular formula is C23H27N3O3S. The van der Waals surface area contributed by atoms with Crippen LogP contribution in [-0.2, 0) is 24.2 Å². The van der Waals surface area contributed by atoms with Crippen LogP contribution in [0.3, 0.4) is 0 Å². The number of carbonyl (C=O) groups is 1. The van der Waals surface area contributed by atoms with Crippen molar-refractivity contribution in [3.63, 3.8) is 0 Å². The molecule has 0 radical (unpaired) electrons. The van der Waals surface area contributed by atoms with Gasteiger partial charge in [-0.1, -0.05) is 0 Å². The maximum absolute atomic E-state index is 12.7. The summed E-state index contributed by atoms with van der Waals surface area (Å²) in [6, 6.07) is 5.91. The second-order valence-corrected chi connectivity index (χ2v) is 8.87. The van der Waals surface area contributed by atoms with Crippen LogP contribution in [0.1, 0.15) is 36.3 Å². The highest BCUT2D eigenvalue weighted by molar-refractivity contribution is 7.07. The molecule has 1 saturated heterocycles. The molecule has 0 N–H and O–H groups in total. The molecule has 2 aliphatic rings. The zero-order valence-electron chi connectivity index (χ0n) is 17.1. The van der Waals surface area contributed by atoms with Gasteiger partial charge in [-0.15, -0.1) is 11.3 Å². The predicted octanol–water partition coefficient (Wildman–Crippen LogP) is 3.88. The summed E-state index contributed by atoms with van der Waals surface area (Å²) in [7, 11) is 0. The van der Waals surface area contributed by atoms with Gasteiger partial charge in [-0.25, -0.2) is 4.98 Å². The fourth-order valence-electron chi connectivity index (χ4n) is 4.49. The van der Waals surface area contributed by atoms with Crippen LogP contribution in [0.15, 0.2) is 33.5 Å². The maximum Gasteiger partial charge on any atom is 0.260 e. The van der Waals surface area contributed by atoms with Gasteiger partial charge in [-0.3, -0.25) is 9.69 Å². The minimum Gasteiger partial charge on any atom is -0.484 e. The Bertz CT molecular complexity index is 1010. The largest absolute Gasteiger partial charge is 0.484 e. The Kier molecular flexibility index (Phi) is 5.73. The van der Waals surface area contributed by atoms with E-state index in [0.29, 0.717) is 0 Å². The van der Waals surface area contributed by atoms with Crippen molar-refractivity contribution in [1.82, 2.24) is 14.8 Å². The molecule has 0 atom stereocenters. The summed E-state index contributed by atoms with van der Waals surface area (Å²) in [5.41, 5.74) is 5.23. The molecule has 1 aromatic carbocycles. The molecule has 1 fully saturated rings. The van der Waals surface area contributed by atoms with Crippen molar-refractivity contribution >= 4 is 28.2 Å². The van der Waals surface area contributed by atoms with Crippen molar-refractivity contribution in [2.75, 3.05) is 32.8 Å². The Hall–Kier alpha value is -2.38. The first-order valence-corrected chi connectivity index (χ1v) is 11.7. The molecular weight excluding hydrogens is 398 g/mol. The van der Waals surface area contributed by atoms with E-state index in [1.165, 1.54) is 18.4 Å². The first-order chi connectivity index (χ1) is 14.8. The van der Waals surface area contributed by atoms with Gasteiger partial charge in [-0.05, 0) is 43.9 Å². The SMILES string of the molecule is O=C(COc1ccc2oc3c(c2c1)CCCC3)N1CCCN(Cc2cscn2)CC1. The highest BCUT2D eigenvalue weighted by Crippen LogP contribution is 2.33. The van der Waals surface area contributed by atoms with Gasteiger partial charge in [0.2, 0.25) is 0 Å². The first-order valence-electron chi connectivity index (χ1n) is 10.8. The average molecular weight is 426 g/mol. The lowest BCUT2D eigenvalue weighted by atomic mass is 9.96. The van der Waals surface area contributed by atoms with Gasteiger partial charge in [0.25, 0.3) is 5.91 Å². The van der Waals surface area contributed by atoms with E-state index < -0.39 is 0 Å². The van der Waals surface area contributed by atoms with Crippen molar-refractivity contribution in [3.8, 4) is 5.75 Å². The molecule has 2 aromatic heterocycles. The number of hydrogen-bond donors (Lipinski definition) is 0. The topological polar surface area (TPSA) is 58.8 Å². The molecule has 6 nitrogen and oxygen atoms in total. The van der Waals surface area contributed by atoms with Crippen LogP contribution in [0.25, 0.3) is 11.0 Å². The van der Waals surface area contributed by atoms with Crippen LogP contribution in [0.4, 0.5) is 0 Å². The molecule has 7 heteroatoms. The van der Waals surface area contributed by atoms with Crippen molar-refractivity contribution in [2.24, 2.45) is 0 Å². The van der Waals surface area contributed by atoms with E-state index in [1.807, 2.05) is 28.6 Å². The quantitative estimate of drug-likeness (QED) is 0.621. The van der Waals surface area contributed by atoms with Gasteiger partial charge in [-0.2, -0.15) is 0 Å². The Morgan fingerprint density at radius 2 is 2.07 bits per heavy atom. The van der Waals surface area contributed by atoms with Gasteiger partial charge in [0, 0.05) is 55.5 Å². The second kappa shape index (κ2) is 8.78. The predicted molar refractivity (Wildman–Crippen MR) is 117 cm³/mol. The third kappa shape index (κ3) is 4.23. The van der Waals surface area contributed by atoms with Crippen molar-refractivity contribution in [1.29, 1.82) is 0 Å². The van der Waals surface area contributed by atoms with Crippen molar-refractivity contribution in [3.05, 3.63) is 46.1 Å². The summed E-state index contributed by atoms with van der Waals surface area (Å²) in [6.45, 7) is 4.32. The highest BCUT2D eigenvalue weighted by atomic mass is 32.1. The summed E-state index contributed by atoms with van der Waals surface area (Å²) in [4.78, 5) is 21.4. The number of benzene rings is 1. The second-order valence-electron chi connectivity index (χ2n) is 8.15. The van der Waals surface area contributed by atoms with E-state index in [9.17, 15) is 4.79 Å². The van der Waals surface area contributed by atoms with Gasteiger partial charge in [0.15, 0.2) is 6.61 Å². The number of rotatable bonds is 5. The molecule has 3 aromatic rings. The van der Waals surface area contributed by atoms with Crippen LogP contribution in [0.5, 0.6) is 5.75 Å². The fourth-order valence-corrected chi connectivity index (χ4v) is 5.04. The van der Waals surface area contributed by atoms with Crippen LogP contribution in [0.2, 0.25) is 0 Å². The average Bonchev–Trinajstić information content (AvgIpc) is 3.34. The van der Waals surface area contributed by atoms with E-state index in [1.54, 1.807) is 11.3 Å². The normalized spacial score (nSPS) is 17.7. The minimum atomic E-state index is 0.0554. The number of aryl methyl sites for hydroxylation is 2. The third-order valence-corrected chi connectivity index (χ3v) is 6.73. The lowest BCUT2D eigenvalue weighted by molar-refractivity contribution is -0.133. The van der Waals surface area contributed by atoms with Crippen molar-refractivity contribution < 1.29 is 13.9 Å². The zero-order chi connectivity index (χ0) is 20.3.